The molecule has 3 atom stereocenters. The number of rotatable bonds is 4. The largest absolute Gasteiger partial charge is 0.373 e. The fourth-order valence-electron chi connectivity index (χ4n) is 2.72. The van der Waals surface area contributed by atoms with Crippen LogP contribution in [0.25, 0.3) is 0 Å². The van der Waals surface area contributed by atoms with Crippen molar-refractivity contribution in [2.75, 3.05) is 19.6 Å². The van der Waals surface area contributed by atoms with Crippen molar-refractivity contribution in [3.8, 4) is 0 Å². The smallest absolute Gasteiger partial charge is 0.0678 e. The van der Waals surface area contributed by atoms with Gasteiger partial charge in [-0.2, -0.15) is 0 Å². The summed E-state index contributed by atoms with van der Waals surface area (Å²) in [6.45, 7) is 7.21. The Morgan fingerprint density at radius 1 is 1.32 bits per heavy atom. The first-order valence-corrected chi connectivity index (χ1v) is 7.32. The highest BCUT2D eigenvalue weighted by Gasteiger charge is 2.22. The molecule has 0 amide bonds. The second-order valence-electron chi connectivity index (χ2n) is 5.43. The maximum atomic E-state index is 6.24. The van der Waals surface area contributed by atoms with E-state index < -0.39 is 0 Å². The van der Waals surface area contributed by atoms with Crippen LogP contribution in [0.2, 0.25) is 5.02 Å². The summed E-state index contributed by atoms with van der Waals surface area (Å²) < 4.78 is 5.73. The van der Waals surface area contributed by atoms with Gasteiger partial charge in [-0.05, 0) is 31.9 Å². The van der Waals surface area contributed by atoms with Crippen LogP contribution in [0.15, 0.2) is 24.3 Å². The van der Waals surface area contributed by atoms with Gasteiger partial charge in [0.15, 0.2) is 0 Å². The Balaban J connectivity index is 1.87. The number of hydrogen-bond donors (Lipinski definition) is 1. The molecule has 106 valence electrons. The van der Waals surface area contributed by atoms with Gasteiger partial charge in [0, 0.05) is 30.7 Å². The minimum absolute atomic E-state index is 0.00200. The first-order valence-electron chi connectivity index (χ1n) is 6.94. The summed E-state index contributed by atoms with van der Waals surface area (Å²) in [4.78, 5) is 2.43. The number of nitrogens with two attached hydrogens (primary N) is 1. The molecule has 1 heterocycles. The topological polar surface area (TPSA) is 38.5 Å². The summed E-state index contributed by atoms with van der Waals surface area (Å²) in [5.41, 5.74) is 7.28. The zero-order valence-corrected chi connectivity index (χ0v) is 12.4. The molecule has 2 N–H and O–H groups in total. The van der Waals surface area contributed by atoms with E-state index in [0.29, 0.717) is 12.2 Å². The molecule has 3 unspecified atom stereocenters. The van der Waals surface area contributed by atoms with Gasteiger partial charge >= 0.3 is 0 Å². The first kappa shape index (κ1) is 14.8. The first-order chi connectivity index (χ1) is 9.06. The summed E-state index contributed by atoms with van der Waals surface area (Å²) in [6, 6.07) is 7.83. The predicted molar refractivity (Wildman–Crippen MR) is 79.4 cm³/mol. The second kappa shape index (κ2) is 6.71. The molecule has 1 saturated heterocycles. The molecule has 0 aliphatic carbocycles. The van der Waals surface area contributed by atoms with Crippen molar-refractivity contribution in [3.63, 3.8) is 0 Å². The Morgan fingerprint density at radius 3 is 2.58 bits per heavy atom. The molecule has 2 rings (SSSR count). The minimum atomic E-state index is 0.00200. The summed E-state index contributed by atoms with van der Waals surface area (Å²) >= 11 is 6.17. The monoisotopic (exact) mass is 282 g/mol. The van der Waals surface area contributed by atoms with Crippen molar-refractivity contribution in [1.29, 1.82) is 0 Å². The van der Waals surface area contributed by atoms with E-state index in [2.05, 4.69) is 18.7 Å². The lowest BCUT2D eigenvalue weighted by molar-refractivity contribution is -0.0684. The molecular formula is C15H23ClN2O. The third-order valence-electron chi connectivity index (χ3n) is 3.56. The molecule has 19 heavy (non-hydrogen) atoms. The Morgan fingerprint density at radius 2 is 1.95 bits per heavy atom. The third kappa shape index (κ3) is 4.18. The zero-order chi connectivity index (χ0) is 13.8. The van der Waals surface area contributed by atoms with Crippen LogP contribution in [-0.2, 0) is 4.74 Å². The molecule has 1 aromatic rings. The lowest BCUT2D eigenvalue weighted by Crippen LogP contribution is -2.46. The fraction of sp³-hybridized carbons (Fsp3) is 0.600. The van der Waals surface area contributed by atoms with E-state index in [4.69, 9.17) is 22.1 Å². The van der Waals surface area contributed by atoms with E-state index in [1.807, 2.05) is 24.3 Å². The molecule has 1 aromatic carbocycles. The van der Waals surface area contributed by atoms with Gasteiger partial charge in [0.1, 0.15) is 0 Å². The summed E-state index contributed by atoms with van der Waals surface area (Å²) in [5.74, 6) is 0. The fourth-order valence-corrected chi connectivity index (χ4v) is 3.00. The van der Waals surface area contributed by atoms with E-state index >= 15 is 0 Å². The van der Waals surface area contributed by atoms with Gasteiger partial charge in [-0.3, -0.25) is 4.90 Å². The number of nitrogens with zero attached hydrogens (tertiary/aromatic N) is 1. The molecule has 1 aliphatic heterocycles. The summed E-state index contributed by atoms with van der Waals surface area (Å²) in [5, 5.41) is 0.763. The maximum Gasteiger partial charge on any atom is 0.0678 e. The molecule has 4 heteroatoms. The maximum absolute atomic E-state index is 6.24. The normalized spacial score (nSPS) is 26.3. The highest BCUT2D eigenvalue weighted by molar-refractivity contribution is 6.31. The minimum Gasteiger partial charge on any atom is -0.373 e. The van der Waals surface area contributed by atoms with Gasteiger partial charge in [-0.25, -0.2) is 0 Å². The van der Waals surface area contributed by atoms with Crippen LogP contribution in [0.1, 0.15) is 31.9 Å². The third-order valence-corrected chi connectivity index (χ3v) is 3.90. The average molecular weight is 283 g/mol. The standard InChI is InChI=1S/C15H23ClN2O/c1-11-9-18(10-12(2)19-11)8-7-15(17)13-5-3-4-6-14(13)16/h3-6,11-12,15H,7-10,17H2,1-2H3. The average Bonchev–Trinajstić information content (AvgIpc) is 2.35. The number of hydrogen-bond acceptors (Lipinski definition) is 3. The number of morpholine rings is 1. The van der Waals surface area contributed by atoms with Gasteiger partial charge < -0.3 is 10.5 Å². The van der Waals surface area contributed by atoms with Crippen molar-refractivity contribution in [1.82, 2.24) is 4.90 Å². The number of ether oxygens (including phenoxy) is 1. The van der Waals surface area contributed by atoms with E-state index in [-0.39, 0.29) is 6.04 Å². The van der Waals surface area contributed by atoms with Crippen molar-refractivity contribution in [3.05, 3.63) is 34.9 Å². The van der Waals surface area contributed by atoms with E-state index in [1.165, 1.54) is 0 Å². The van der Waals surface area contributed by atoms with Crippen molar-refractivity contribution in [2.45, 2.75) is 38.5 Å². The van der Waals surface area contributed by atoms with Crippen LogP contribution in [-0.4, -0.2) is 36.7 Å². The molecule has 1 aliphatic rings. The number of halogens is 1. The summed E-state index contributed by atoms with van der Waals surface area (Å²) in [6.07, 6.45) is 1.53. The van der Waals surface area contributed by atoms with E-state index in [0.717, 1.165) is 36.6 Å². The lowest BCUT2D eigenvalue weighted by atomic mass is 10.0. The van der Waals surface area contributed by atoms with Gasteiger partial charge in [0.05, 0.1) is 12.2 Å². The Labute approximate surface area is 120 Å². The molecular weight excluding hydrogens is 260 g/mol. The van der Waals surface area contributed by atoms with Crippen LogP contribution >= 0.6 is 11.6 Å². The van der Waals surface area contributed by atoms with E-state index in [9.17, 15) is 0 Å². The van der Waals surface area contributed by atoms with Crippen molar-refractivity contribution < 1.29 is 4.74 Å². The molecule has 0 bridgehead atoms. The Bertz CT molecular complexity index is 403. The van der Waals surface area contributed by atoms with Crippen LogP contribution in [0.4, 0.5) is 0 Å². The van der Waals surface area contributed by atoms with Crippen molar-refractivity contribution >= 4 is 11.6 Å². The van der Waals surface area contributed by atoms with Crippen LogP contribution in [0.3, 0.4) is 0 Å². The lowest BCUT2D eigenvalue weighted by Gasteiger charge is -2.35. The Kier molecular flexibility index (Phi) is 5.22. The van der Waals surface area contributed by atoms with Gasteiger partial charge in [0.2, 0.25) is 0 Å². The molecule has 3 nitrogen and oxygen atoms in total. The van der Waals surface area contributed by atoms with Crippen LogP contribution < -0.4 is 5.73 Å². The van der Waals surface area contributed by atoms with Crippen LogP contribution in [0.5, 0.6) is 0 Å². The highest BCUT2D eigenvalue weighted by atomic mass is 35.5. The molecule has 0 radical (unpaired) electrons. The van der Waals surface area contributed by atoms with Gasteiger partial charge in [0.25, 0.3) is 0 Å². The zero-order valence-electron chi connectivity index (χ0n) is 11.7. The highest BCUT2D eigenvalue weighted by Crippen LogP contribution is 2.23. The number of benzene rings is 1. The molecule has 0 spiro atoms. The molecule has 0 saturated carbocycles. The van der Waals surface area contributed by atoms with Crippen molar-refractivity contribution in [2.24, 2.45) is 5.73 Å². The van der Waals surface area contributed by atoms with E-state index in [1.54, 1.807) is 0 Å². The Hall–Kier alpha value is -0.610. The molecule has 1 fully saturated rings. The SMILES string of the molecule is CC1CN(CCC(N)c2ccccc2Cl)CC(C)O1. The van der Waals surface area contributed by atoms with Gasteiger partial charge in [-0.1, -0.05) is 29.8 Å². The predicted octanol–water partition coefficient (Wildman–Crippen LogP) is 2.84. The van der Waals surface area contributed by atoms with Gasteiger partial charge in [-0.15, -0.1) is 0 Å². The summed E-state index contributed by atoms with van der Waals surface area (Å²) in [7, 11) is 0. The molecule has 0 aromatic heterocycles. The van der Waals surface area contributed by atoms with Crippen LogP contribution in [0, 0.1) is 0 Å². The second-order valence-corrected chi connectivity index (χ2v) is 5.84. The quantitative estimate of drug-likeness (QED) is 0.923.